The van der Waals surface area contributed by atoms with Crippen LogP contribution < -0.4 is 0 Å². The fourth-order valence-electron chi connectivity index (χ4n) is 0.463. The molecule has 2 nitrogen and oxygen atoms in total. The molecule has 2 heteroatoms. The van der Waals surface area contributed by atoms with Gasteiger partial charge in [-0.25, -0.2) is 0 Å². The number of hydrogen-bond donors (Lipinski definition) is 1. The summed E-state index contributed by atoms with van der Waals surface area (Å²) in [5.41, 5.74) is 0. The van der Waals surface area contributed by atoms with Gasteiger partial charge in [-0.2, -0.15) is 0 Å². The Labute approximate surface area is 49.5 Å². The first-order valence-corrected chi connectivity index (χ1v) is 2.93. The van der Waals surface area contributed by atoms with E-state index >= 15 is 0 Å². The topological polar surface area (TPSA) is 37.3 Å². The van der Waals surface area contributed by atoms with Crippen LogP contribution in [0.15, 0.2) is 0 Å². The van der Waals surface area contributed by atoms with Gasteiger partial charge in [0, 0.05) is 6.42 Å². The maximum Gasteiger partial charge on any atom is 0.160 e. The van der Waals surface area contributed by atoms with Gasteiger partial charge >= 0.3 is 0 Å². The molecule has 1 N–H and O–H groups in total. The zero-order valence-corrected chi connectivity index (χ0v) is 5.35. The fourth-order valence-corrected chi connectivity index (χ4v) is 0.463. The van der Waals surface area contributed by atoms with Crippen molar-refractivity contribution in [3.8, 4) is 0 Å². The van der Waals surface area contributed by atoms with Gasteiger partial charge in [0.1, 0.15) is 6.10 Å². The second-order valence-electron chi connectivity index (χ2n) is 1.74. The van der Waals surface area contributed by atoms with E-state index in [0.29, 0.717) is 12.8 Å². The third-order valence-electron chi connectivity index (χ3n) is 1.11. The van der Waals surface area contributed by atoms with Crippen molar-refractivity contribution in [2.45, 2.75) is 32.8 Å². The second kappa shape index (κ2) is 3.61. The summed E-state index contributed by atoms with van der Waals surface area (Å²) in [4.78, 5) is 10.5. The Hall–Kier alpha value is -0.370. The van der Waals surface area contributed by atoms with Crippen LogP contribution in [0.3, 0.4) is 0 Å². The van der Waals surface area contributed by atoms with Crippen LogP contribution in [0, 0.1) is 0 Å². The summed E-state index contributed by atoms with van der Waals surface area (Å²) in [6.45, 7) is 3.54. The Morgan fingerprint density at radius 3 is 2.25 bits per heavy atom. The number of carbonyl (C=O) groups excluding carboxylic acids is 1. The van der Waals surface area contributed by atoms with Crippen LogP contribution >= 0.6 is 0 Å². The smallest absolute Gasteiger partial charge is 0.160 e. The molecule has 0 unspecified atom stereocenters. The van der Waals surface area contributed by atoms with Gasteiger partial charge in [-0.05, 0) is 6.42 Å². The molecular formula is C6H12O2. The highest BCUT2D eigenvalue weighted by molar-refractivity contribution is 5.82. The molecule has 0 amide bonds. The molecule has 0 spiro atoms. The van der Waals surface area contributed by atoms with Gasteiger partial charge in [-0.3, -0.25) is 4.79 Å². The lowest BCUT2D eigenvalue weighted by Crippen LogP contribution is -2.17. The zero-order chi connectivity index (χ0) is 6.57. The Morgan fingerprint density at radius 1 is 1.62 bits per heavy atom. The lowest BCUT2D eigenvalue weighted by molar-refractivity contribution is -0.126. The van der Waals surface area contributed by atoms with Crippen molar-refractivity contribution in [3.05, 3.63) is 0 Å². The van der Waals surface area contributed by atoms with Crippen molar-refractivity contribution < 1.29 is 9.90 Å². The average molecular weight is 116 g/mol. The van der Waals surface area contributed by atoms with E-state index in [0.717, 1.165) is 0 Å². The standard InChI is InChI=1S/C6H12O2/c1-3-5(7)6(8)4-2/h5,7H,3-4H2,1-2H3/t5-/m1/s1. The van der Waals surface area contributed by atoms with Crippen LogP contribution in [0.5, 0.6) is 0 Å². The quantitative estimate of drug-likeness (QED) is 0.590. The van der Waals surface area contributed by atoms with E-state index in [1.165, 1.54) is 0 Å². The summed E-state index contributed by atoms with van der Waals surface area (Å²) in [6, 6.07) is 0. The SMILES string of the molecule is CCC(=O)[C@H](O)CC. The van der Waals surface area contributed by atoms with Gasteiger partial charge in [0.25, 0.3) is 0 Å². The molecule has 0 aliphatic carbocycles. The number of ketones is 1. The summed E-state index contributed by atoms with van der Waals surface area (Å²) in [7, 11) is 0. The molecule has 0 heterocycles. The molecule has 0 fully saturated rings. The second-order valence-corrected chi connectivity index (χ2v) is 1.74. The van der Waals surface area contributed by atoms with E-state index in [-0.39, 0.29) is 5.78 Å². The van der Waals surface area contributed by atoms with Gasteiger partial charge in [-0.1, -0.05) is 13.8 Å². The monoisotopic (exact) mass is 116 g/mol. The van der Waals surface area contributed by atoms with Crippen molar-refractivity contribution in [3.63, 3.8) is 0 Å². The number of aliphatic hydroxyl groups excluding tert-OH is 1. The van der Waals surface area contributed by atoms with Crippen LogP contribution in [-0.4, -0.2) is 17.0 Å². The summed E-state index contributed by atoms with van der Waals surface area (Å²) < 4.78 is 0. The Balaban J connectivity index is 3.46. The molecule has 0 aromatic carbocycles. The normalized spacial score (nSPS) is 13.4. The number of Topliss-reactive ketones (excluding diaryl/α,β-unsaturated/α-hetero) is 1. The Morgan fingerprint density at radius 2 is 2.12 bits per heavy atom. The maximum atomic E-state index is 10.5. The van der Waals surface area contributed by atoms with E-state index in [1.54, 1.807) is 13.8 Å². The predicted molar refractivity (Wildman–Crippen MR) is 31.6 cm³/mol. The summed E-state index contributed by atoms with van der Waals surface area (Å²) in [5.74, 6) is -0.0625. The van der Waals surface area contributed by atoms with E-state index in [1.807, 2.05) is 0 Å². The molecule has 0 bridgehead atoms. The molecule has 0 saturated heterocycles. The molecule has 0 radical (unpaired) electrons. The average Bonchev–Trinajstić information content (AvgIpc) is 1.84. The van der Waals surface area contributed by atoms with E-state index in [9.17, 15) is 4.79 Å². The fraction of sp³-hybridized carbons (Fsp3) is 0.833. The van der Waals surface area contributed by atoms with Crippen LogP contribution in [0.1, 0.15) is 26.7 Å². The van der Waals surface area contributed by atoms with Crippen LogP contribution in [-0.2, 0) is 4.79 Å². The lowest BCUT2D eigenvalue weighted by atomic mass is 10.1. The zero-order valence-electron chi connectivity index (χ0n) is 5.35. The first-order chi connectivity index (χ1) is 3.72. The third-order valence-corrected chi connectivity index (χ3v) is 1.11. The predicted octanol–water partition coefficient (Wildman–Crippen LogP) is 0.736. The minimum Gasteiger partial charge on any atom is -0.385 e. The minimum atomic E-state index is -0.722. The third kappa shape index (κ3) is 2.07. The molecule has 48 valence electrons. The van der Waals surface area contributed by atoms with Gasteiger partial charge in [0.2, 0.25) is 0 Å². The van der Waals surface area contributed by atoms with Crippen molar-refractivity contribution in [2.75, 3.05) is 0 Å². The highest BCUT2D eigenvalue weighted by Gasteiger charge is 2.07. The van der Waals surface area contributed by atoms with Gasteiger partial charge in [0.15, 0.2) is 5.78 Å². The van der Waals surface area contributed by atoms with E-state index in [4.69, 9.17) is 5.11 Å². The molecule has 0 rings (SSSR count). The molecule has 1 atom stereocenters. The first kappa shape index (κ1) is 7.63. The molecule has 0 aliphatic rings. The number of aliphatic hydroxyl groups is 1. The van der Waals surface area contributed by atoms with Gasteiger partial charge in [0.05, 0.1) is 0 Å². The minimum absolute atomic E-state index is 0.0625. The van der Waals surface area contributed by atoms with Crippen molar-refractivity contribution in [1.29, 1.82) is 0 Å². The van der Waals surface area contributed by atoms with Crippen LogP contribution in [0.25, 0.3) is 0 Å². The summed E-state index contributed by atoms with van der Waals surface area (Å²) >= 11 is 0. The molecule has 0 saturated carbocycles. The maximum absolute atomic E-state index is 10.5. The van der Waals surface area contributed by atoms with Crippen LogP contribution in [0.4, 0.5) is 0 Å². The van der Waals surface area contributed by atoms with Crippen molar-refractivity contribution >= 4 is 5.78 Å². The lowest BCUT2D eigenvalue weighted by Gasteiger charge is -2.01. The summed E-state index contributed by atoms with van der Waals surface area (Å²) in [6.07, 6.45) is 0.252. The number of rotatable bonds is 3. The van der Waals surface area contributed by atoms with Gasteiger partial charge < -0.3 is 5.11 Å². The molecule has 0 aromatic heterocycles. The Bertz CT molecular complexity index is 78.6. The van der Waals surface area contributed by atoms with Crippen molar-refractivity contribution in [2.24, 2.45) is 0 Å². The molecule has 8 heavy (non-hydrogen) atoms. The van der Waals surface area contributed by atoms with Gasteiger partial charge in [-0.15, -0.1) is 0 Å². The number of hydrogen-bond acceptors (Lipinski definition) is 2. The number of carbonyl (C=O) groups is 1. The molecule has 0 aromatic rings. The highest BCUT2D eigenvalue weighted by atomic mass is 16.3. The largest absolute Gasteiger partial charge is 0.385 e. The molecule has 0 aliphatic heterocycles. The van der Waals surface area contributed by atoms with E-state index in [2.05, 4.69) is 0 Å². The Kier molecular flexibility index (Phi) is 3.44. The first-order valence-electron chi connectivity index (χ1n) is 2.93. The summed E-state index contributed by atoms with van der Waals surface area (Å²) in [5, 5.41) is 8.78. The van der Waals surface area contributed by atoms with E-state index < -0.39 is 6.10 Å². The van der Waals surface area contributed by atoms with Crippen molar-refractivity contribution in [1.82, 2.24) is 0 Å². The highest BCUT2D eigenvalue weighted by Crippen LogP contribution is 1.93. The molecular weight excluding hydrogens is 104 g/mol. The van der Waals surface area contributed by atoms with Crippen LogP contribution in [0.2, 0.25) is 0 Å².